The lowest BCUT2D eigenvalue weighted by atomic mass is 10.2. The highest BCUT2D eigenvalue weighted by Crippen LogP contribution is 2.32. The number of nitrogens with one attached hydrogen (secondary N) is 2. The van der Waals surface area contributed by atoms with Crippen LogP contribution < -0.4 is 10.9 Å². The number of fused-ring (bicyclic) bond motifs is 2. The van der Waals surface area contributed by atoms with Crippen molar-refractivity contribution < 1.29 is 9.34 Å². The third kappa shape index (κ3) is 2.17. The normalized spacial score (nSPS) is 11.0. The van der Waals surface area contributed by atoms with Crippen molar-refractivity contribution >= 4 is 39.3 Å². The molecule has 0 spiro atoms. The van der Waals surface area contributed by atoms with Crippen molar-refractivity contribution in [2.75, 3.05) is 5.32 Å². The number of hydrogen-bond acceptors (Lipinski definition) is 6. The lowest BCUT2D eigenvalue weighted by Gasteiger charge is -2.06. The molecule has 2 aromatic carbocycles. The van der Waals surface area contributed by atoms with Crippen LogP contribution in [0.1, 0.15) is 0 Å². The Morgan fingerprint density at radius 2 is 1.88 bits per heavy atom. The van der Waals surface area contributed by atoms with Crippen molar-refractivity contribution in [3.63, 3.8) is 0 Å². The van der Waals surface area contributed by atoms with Crippen molar-refractivity contribution in [3.8, 4) is 0 Å². The molecule has 0 radical (unpaired) electrons. The van der Waals surface area contributed by atoms with E-state index in [0.29, 0.717) is 16.9 Å². The largest absolute Gasteiger partial charge is 0.418 e. The average molecular weight is 322 g/mol. The van der Waals surface area contributed by atoms with E-state index in [-0.39, 0.29) is 11.3 Å². The van der Waals surface area contributed by atoms with Crippen LogP contribution in [0.5, 0.6) is 0 Å². The van der Waals surface area contributed by atoms with E-state index in [1.54, 1.807) is 24.3 Å². The molecule has 24 heavy (non-hydrogen) atoms. The van der Waals surface area contributed by atoms with E-state index in [2.05, 4.69) is 15.3 Å². The Morgan fingerprint density at radius 3 is 2.67 bits per heavy atom. The second-order valence-electron chi connectivity index (χ2n) is 5.09. The minimum atomic E-state index is -1.02. The first-order chi connectivity index (χ1) is 11.6. The molecule has 8 nitrogen and oxygen atoms in total. The number of anilines is 2. The van der Waals surface area contributed by atoms with Crippen LogP contribution in [0.15, 0.2) is 57.7 Å². The molecule has 2 heterocycles. The van der Waals surface area contributed by atoms with Crippen molar-refractivity contribution in [3.05, 3.63) is 69.1 Å². The molecule has 0 amide bonds. The van der Waals surface area contributed by atoms with Gasteiger partial charge in [-0.25, -0.2) is 9.78 Å². The Hall–Kier alpha value is -3.68. The fourth-order valence-corrected chi connectivity index (χ4v) is 2.56. The van der Waals surface area contributed by atoms with Gasteiger partial charge >= 0.3 is 11.3 Å². The third-order valence-corrected chi connectivity index (χ3v) is 3.60. The number of aromatic nitrogens is 2. The Morgan fingerprint density at radius 1 is 1.12 bits per heavy atom. The van der Waals surface area contributed by atoms with Gasteiger partial charge in [-0.1, -0.05) is 24.3 Å². The molecule has 0 saturated carbocycles. The summed E-state index contributed by atoms with van der Waals surface area (Å²) in [5.41, 5.74) is 0.105. The number of hydrogen-bond donors (Lipinski definition) is 2. The first kappa shape index (κ1) is 13.9. The van der Waals surface area contributed by atoms with Crippen LogP contribution in [-0.4, -0.2) is 14.9 Å². The second kappa shape index (κ2) is 5.20. The molecule has 0 unspecified atom stereocenters. The van der Waals surface area contributed by atoms with Crippen molar-refractivity contribution in [2.24, 2.45) is 0 Å². The van der Waals surface area contributed by atoms with Crippen molar-refractivity contribution in [2.45, 2.75) is 0 Å². The number of rotatable bonds is 3. The highest BCUT2D eigenvalue weighted by Gasteiger charge is 2.25. The van der Waals surface area contributed by atoms with Crippen LogP contribution in [-0.2, 0) is 0 Å². The summed E-state index contributed by atoms with van der Waals surface area (Å²) in [6.45, 7) is 0. The minimum absolute atomic E-state index is 0.0471. The average Bonchev–Trinajstić information content (AvgIpc) is 2.96. The number of aromatic amines is 1. The van der Waals surface area contributed by atoms with Gasteiger partial charge < -0.3 is 14.7 Å². The lowest BCUT2D eigenvalue weighted by molar-refractivity contribution is -0.386. The summed E-state index contributed by atoms with van der Waals surface area (Å²) in [4.78, 5) is 29.9. The Labute approximate surface area is 133 Å². The lowest BCUT2D eigenvalue weighted by Crippen LogP contribution is -2.10. The molecule has 8 heteroatoms. The summed E-state index contributed by atoms with van der Waals surface area (Å²) < 4.78 is 5.02. The summed E-state index contributed by atoms with van der Waals surface area (Å²) in [7, 11) is 0. The van der Waals surface area contributed by atoms with Crippen LogP contribution in [0, 0.1) is 10.1 Å². The predicted octanol–water partition coefficient (Wildman–Crippen LogP) is 3.32. The number of benzene rings is 2. The molecule has 118 valence electrons. The van der Waals surface area contributed by atoms with E-state index >= 15 is 0 Å². The van der Waals surface area contributed by atoms with Gasteiger partial charge in [0.05, 0.1) is 16.0 Å². The maximum absolute atomic E-state index is 12.0. The van der Waals surface area contributed by atoms with Gasteiger partial charge in [0.1, 0.15) is 11.3 Å². The molecule has 0 aliphatic rings. The molecular weight excluding hydrogens is 312 g/mol. The van der Waals surface area contributed by atoms with Crippen LogP contribution in [0.3, 0.4) is 0 Å². The Balaban J connectivity index is 1.95. The molecule has 0 aliphatic heterocycles. The zero-order valence-electron chi connectivity index (χ0n) is 12.1. The van der Waals surface area contributed by atoms with Gasteiger partial charge in [-0.2, -0.15) is 0 Å². The number of nitro groups is 1. The minimum Gasteiger partial charge on any atom is -0.418 e. The summed E-state index contributed by atoms with van der Waals surface area (Å²) in [6, 6.07) is 13.9. The van der Waals surface area contributed by atoms with Gasteiger partial charge in [0.2, 0.25) is 5.95 Å². The first-order valence-corrected chi connectivity index (χ1v) is 7.05. The maximum atomic E-state index is 12.0. The molecule has 0 fully saturated rings. The molecule has 0 atom stereocenters. The van der Waals surface area contributed by atoms with E-state index in [1.165, 1.54) is 0 Å². The Bertz CT molecular complexity index is 1110. The topological polar surface area (TPSA) is 114 Å². The molecule has 2 N–H and O–H groups in total. The molecule has 4 rings (SSSR count). The van der Waals surface area contributed by atoms with E-state index in [0.717, 1.165) is 5.52 Å². The van der Waals surface area contributed by atoms with E-state index in [1.807, 2.05) is 24.3 Å². The maximum Gasteiger partial charge on any atom is 0.417 e. The van der Waals surface area contributed by atoms with E-state index < -0.39 is 16.2 Å². The van der Waals surface area contributed by atoms with Gasteiger partial charge in [0.15, 0.2) is 0 Å². The predicted molar refractivity (Wildman–Crippen MR) is 88.5 cm³/mol. The SMILES string of the molecule is O=c1oc2ccccc2c(Nc2nc3ccccc3[nH]2)c1[N+](=O)[O-]. The van der Waals surface area contributed by atoms with Crippen LogP contribution in [0.25, 0.3) is 22.0 Å². The summed E-state index contributed by atoms with van der Waals surface area (Å²) >= 11 is 0. The van der Waals surface area contributed by atoms with Gasteiger partial charge in [-0.15, -0.1) is 0 Å². The van der Waals surface area contributed by atoms with E-state index in [4.69, 9.17) is 4.42 Å². The number of nitrogens with zero attached hydrogens (tertiary/aromatic N) is 2. The molecular formula is C16H10N4O4. The zero-order valence-corrected chi connectivity index (χ0v) is 12.1. The van der Waals surface area contributed by atoms with Gasteiger partial charge in [0, 0.05) is 5.39 Å². The first-order valence-electron chi connectivity index (χ1n) is 7.05. The zero-order chi connectivity index (χ0) is 16.7. The fourth-order valence-electron chi connectivity index (χ4n) is 2.56. The smallest absolute Gasteiger partial charge is 0.417 e. The van der Waals surface area contributed by atoms with Crippen LogP contribution >= 0.6 is 0 Å². The Kier molecular flexibility index (Phi) is 3.02. The van der Waals surface area contributed by atoms with Gasteiger partial charge in [-0.3, -0.25) is 10.1 Å². The fraction of sp³-hybridized carbons (Fsp3) is 0. The van der Waals surface area contributed by atoms with Crippen LogP contribution in [0.2, 0.25) is 0 Å². The number of para-hydroxylation sites is 3. The third-order valence-electron chi connectivity index (χ3n) is 3.60. The number of H-pyrrole nitrogens is 1. The standard InChI is InChI=1S/C16H10N4O4/c21-15-14(20(22)23)13(9-5-1-4-8-12(9)24-15)19-16-17-10-6-2-3-7-11(10)18-16/h1-8H,(H2,17,18,19). The molecule has 4 aromatic rings. The molecule has 2 aromatic heterocycles. The molecule has 0 bridgehead atoms. The highest BCUT2D eigenvalue weighted by atomic mass is 16.6. The highest BCUT2D eigenvalue weighted by molar-refractivity contribution is 5.96. The summed E-state index contributed by atoms with van der Waals surface area (Å²) in [6.07, 6.45) is 0. The van der Waals surface area contributed by atoms with Crippen molar-refractivity contribution in [1.82, 2.24) is 9.97 Å². The second-order valence-corrected chi connectivity index (χ2v) is 5.09. The summed E-state index contributed by atoms with van der Waals surface area (Å²) in [5.74, 6) is 0.301. The monoisotopic (exact) mass is 322 g/mol. The molecule has 0 saturated heterocycles. The number of imidazole rings is 1. The summed E-state index contributed by atoms with van der Waals surface area (Å²) in [5, 5.41) is 14.6. The van der Waals surface area contributed by atoms with Crippen LogP contribution in [0.4, 0.5) is 17.3 Å². The molecule has 0 aliphatic carbocycles. The van der Waals surface area contributed by atoms with Gasteiger partial charge in [0.25, 0.3) is 0 Å². The van der Waals surface area contributed by atoms with Gasteiger partial charge in [-0.05, 0) is 24.3 Å². The van der Waals surface area contributed by atoms with Crippen molar-refractivity contribution in [1.29, 1.82) is 0 Å². The quantitative estimate of drug-likeness (QED) is 0.340. The van der Waals surface area contributed by atoms with E-state index in [9.17, 15) is 14.9 Å².